The molecule has 6 nitrogen and oxygen atoms in total. The first-order chi connectivity index (χ1) is 18.5. The summed E-state index contributed by atoms with van der Waals surface area (Å²) in [6.07, 6.45) is 13.6. The summed E-state index contributed by atoms with van der Waals surface area (Å²) in [5.41, 5.74) is -5.07. The number of aliphatic carboxylic acids is 3. The van der Waals surface area contributed by atoms with Crippen molar-refractivity contribution in [3.05, 3.63) is 0 Å². The van der Waals surface area contributed by atoms with Crippen LogP contribution >= 0.6 is 0 Å². The molecule has 0 aliphatic heterocycles. The van der Waals surface area contributed by atoms with E-state index < -0.39 is 34.2 Å². The van der Waals surface area contributed by atoms with Crippen LogP contribution in [0.3, 0.4) is 0 Å². The molecule has 0 bridgehead atoms. The molecule has 1 fully saturated rings. The molecule has 0 aromatic heterocycles. The first kappa shape index (κ1) is 35.4. The highest BCUT2D eigenvalue weighted by Gasteiger charge is 2.75. The van der Waals surface area contributed by atoms with Crippen molar-refractivity contribution in [2.24, 2.45) is 34.0 Å². The second kappa shape index (κ2) is 16.6. The minimum absolute atomic E-state index is 0.0250. The Morgan fingerprint density at radius 3 is 1.28 bits per heavy atom. The average molecular weight is 553 g/mol. The largest absolute Gasteiger partial charge is 0.481 e. The molecule has 0 aromatic carbocycles. The van der Waals surface area contributed by atoms with Crippen LogP contribution < -0.4 is 0 Å². The molecule has 228 valence electrons. The number of hydrogen-bond donors (Lipinski definition) is 3. The van der Waals surface area contributed by atoms with E-state index in [9.17, 15) is 29.7 Å². The minimum atomic E-state index is -2.33. The Hall–Kier alpha value is -1.59. The molecule has 1 aliphatic carbocycles. The minimum Gasteiger partial charge on any atom is -0.481 e. The van der Waals surface area contributed by atoms with Crippen LogP contribution in [0.5, 0.6) is 0 Å². The van der Waals surface area contributed by atoms with Crippen molar-refractivity contribution in [1.82, 2.24) is 0 Å². The van der Waals surface area contributed by atoms with Crippen molar-refractivity contribution in [3.8, 4) is 0 Å². The van der Waals surface area contributed by atoms with Gasteiger partial charge in [-0.15, -0.1) is 0 Å². The third-order valence-corrected chi connectivity index (χ3v) is 10.5. The van der Waals surface area contributed by atoms with Gasteiger partial charge in [-0.3, -0.25) is 14.4 Å². The van der Waals surface area contributed by atoms with E-state index in [2.05, 4.69) is 34.6 Å². The molecule has 0 saturated heterocycles. The van der Waals surface area contributed by atoms with Gasteiger partial charge in [0.25, 0.3) is 0 Å². The van der Waals surface area contributed by atoms with Crippen LogP contribution in [-0.2, 0) is 14.4 Å². The topological polar surface area (TPSA) is 112 Å². The zero-order valence-corrected chi connectivity index (χ0v) is 26.0. The maximum absolute atomic E-state index is 13.9. The van der Waals surface area contributed by atoms with Crippen LogP contribution in [0.15, 0.2) is 0 Å². The van der Waals surface area contributed by atoms with Crippen molar-refractivity contribution >= 4 is 17.9 Å². The van der Waals surface area contributed by atoms with Gasteiger partial charge in [0.15, 0.2) is 5.41 Å². The molecule has 0 spiro atoms. The Labute approximate surface area is 238 Å². The molecule has 3 N–H and O–H groups in total. The van der Waals surface area contributed by atoms with Gasteiger partial charge in [-0.25, -0.2) is 0 Å². The van der Waals surface area contributed by atoms with E-state index in [1.165, 1.54) is 0 Å². The average Bonchev–Trinajstić information content (AvgIpc) is 2.91. The molecule has 0 heterocycles. The van der Waals surface area contributed by atoms with E-state index in [4.69, 9.17) is 0 Å². The summed E-state index contributed by atoms with van der Waals surface area (Å²) >= 11 is 0. The van der Waals surface area contributed by atoms with Gasteiger partial charge in [-0.2, -0.15) is 0 Å². The first-order valence-electron chi connectivity index (χ1n) is 16.2. The number of carboxylic acid groups (broad SMARTS) is 3. The summed E-state index contributed by atoms with van der Waals surface area (Å²) < 4.78 is 0. The molecular formula is C33H60O6. The lowest BCUT2D eigenvalue weighted by Crippen LogP contribution is -2.68. The lowest BCUT2D eigenvalue weighted by molar-refractivity contribution is -0.219. The lowest BCUT2D eigenvalue weighted by atomic mass is 9.39. The van der Waals surface area contributed by atoms with E-state index in [0.717, 1.165) is 77.0 Å². The second-order valence-corrected chi connectivity index (χ2v) is 12.7. The fraction of sp³-hybridized carbons (Fsp3) is 0.909. The van der Waals surface area contributed by atoms with Gasteiger partial charge in [0, 0.05) is 0 Å². The second-order valence-electron chi connectivity index (χ2n) is 12.7. The van der Waals surface area contributed by atoms with Gasteiger partial charge in [0.05, 0.1) is 0 Å². The normalized spacial score (nSPS) is 25.1. The van der Waals surface area contributed by atoms with Crippen LogP contribution in [0.2, 0.25) is 0 Å². The Morgan fingerprint density at radius 2 is 0.974 bits per heavy atom. The van der Waals surface area contributed by atoms with Crippen molar-refractivity contribution in [2.45, 2.75) is 157 Å². The van der Waals surface area contributed by atoms with Gasteiger partial charge < -0.3 is 15.3 Å². The predicted molar refractivity (Wildman–Crippen MR) is 158 cm³/mol. The SMILES string of the molecule is CCCCC(CC)CC1(CC(CC)CCCC)CCCC(C(=O)O)(C(=O)O)C1(CC(CC)CCCC)C(=O)O. The van der Waals surface area contributed by atoms with Gasteiger partial charge in [0.2, 0.25) is 0 Å². The van der Waals surface area contributed by atoms with Gasteiger partial charge in [-0.05, 0) is 55.3 Å². The Morgan fingerprint density at radius 1 is 0.590 bits per heavy atom. The van der Waals surface area contributed by atoms with E-state index in [-0.39, 0.29) is 30.6 Å². The third kappa shape index (κ3) is 7.58. The van der Waals surface area contributed by atoms with Crippen LogP contribution in [0, 0.1) is 34.0 Å². The fourth-order valence-electron chi connectivity index (χ4n) is 8.13. The predicted octanol–water partition coefficient (Wildman–Crippen LogP) is 9.20. The Balaban J connectivity index is 4.08. The maximum atomic E-state index is 13.9. The summed E-state index contributed by atoms with van der Waals surface area (Å²) in [6, 6.07) is 0. The molecule has 4 atom stereocenters. The highest BCUT2D eigenvalue weighted by molar-refractivity contribution is 6.04. The maximum Gasteiger partial charge on any atom is 0.322 e. The number of rotatable bonds is 21. The highest BCUT2D eigenvalue weighted by Crippen LogP contribution is 2.68. The molecule has 39 heavy (non-hydrogen) atoms. The number of hydrogen-bond acceptors (Lipinski definition) is 3. The summed E-state index contributed by atoms with van der Waals surface area (Å²) in [6.45, 7) is 12.7. The van der Waals surface area contributed by atoms with Crippen molar-refractivity contribution < 1.29 is 29.7 Å². The van der Waals surface area contributed by atoms with E-state index in [1.54, 1.807) is 0 Å². The third-order valence-electron chi connectivity index (χ3n) is 10.5. The van der Waals surface area contributed by atoms with Crippen molar-refractivity contribution in [3.63, 3.8) is 0 Å². The van der Waals surface area contributed by atoms with Gasteiger partial charge in [-0.1, -0.05) is 125 Å². The molecule has 1 aliphatic rings. The summed E-state index contributed by atoms with van der Waals surface area (Å²) in [5.74, 6) is -3.64. The molecule has 1 saturated carbocycles. The first-order valence-corrected chi connectivity index (χ1v) is 16.2. The van der Waals surface area contributed by atoms with E-state index in [1.807, 2.05) is 6.92 Å². The monoisotopic (exact) mass is 552 g/mol. The quantitative estimate of drug-likeness (QED) is 0.122. The molecule has 0 radical (unpaired) electrons. The van der Waals surface area contributed by atoms with Crippen molar-refractivity contribution in [2.75, 3.05) is 0 Å². The fourth-order valence-corrected chi connectivity index (χ4v) is 8.13. The van der Waals surface area contributed by atoms with Gasteiger partial charge in [0.1, 0.15) is 5.41 Å². The van der Waals surface area contributed by atoms with E-state index in [0.29, 0.717) is 25.7 Å². The Kier molecular flexibility index (Phi) is 15.1. The van der Waals surface area contributed by atoms with Gasteiger partial charge >= 0.3 is 17.9 Å². The van der Waals surface area contributed by atoms with Crippen LogP contribution in [0.1, 0.15) is 157 Å². The summed E-state index contributed by atoms with van der Waals surface area (Å²) in [5, 5.41) is 32.8. The molecule has 0 amide bonds. The highest BCUT2D eigenvalue weighted by atomic mass is 16.4. The number of carboxylic acids is 3. The lowest BCUT2D eigenvalue weighted by Gasteiger charge is -2.60. The zero-order valence-electron chi connectivity index (χ0n) is 26.0. The summed E-state index contributed by atoms with van der Waals surface area (Å²) in [4.78, 5) is 40.3. The van der Waals surface area contributed by atoms with Crippen LogP contribution in [0.25, 0.3) is 0 Å². The molecule has 0 aromatic rings. The molecule has 6 heteroatoms. The van der Waals surface area contributed by atoms with E-state index >= 15 is 0 Å². The smallest absolute Gasteiger partial charge is 0.322 e. The molecule has 4 unspecified atom stereocenters. The Bertz CT molecular complexity index is 729. The molecule has 1 rings (SSSR count). The summed E-state index contributed by atoms with van der Waals surface area (Å²) in [7, 11) is 0. The standard InChI is InChI=1S/C33H60O6/c1-7-13-17-25(10-4)22-31(23-26(11-5)18-14-8-2)20-16-21-32(28(34)35,29(36)37)33(31,30(38)39)24-27(12-6)19-15-9-3/h25-27H,7-24H2,1-6H3,(H,34,35)(H,36,37)(H,38,39). The van der Waals surface area contributed by atoms with Crippen LogP contribution in [-0.4, -0.2) is 33.2 Å². The van der Waals surface area contributed by atoms with Crippen molar-refractivity contribution in [1.29, 1.82) is 0 Å². The molecular weight excluding hydrogens is 492 g/mol. The van der Waals surface area contributed by atoms with Crippen LogP contribution in [0.4, 0.5) is 0 Å². The number of carbonyl (C=O) groups is 3. The zero-order chi connectivity index (χ0) is 29.7. The number of unbranched alkanes of at least 4 members (excludes halogenated alkanes) is 3.